The summed E-state index contributed by atoms with van der Waals surface area (Å²) < 4.78 is 0. The molecule has 1 heterocycles. The Morgan fingerprint density at radius 1 is 1.13 bits per heavy atom. The predicted octanol–water partition coefficient (Wildman–Crippen LogP) is 2.93. The number of nitrogens with one attached hydrogen (secondary N) is 2. The van der Waals surface area contributed by atoms with E-state index >= 15 is 0 Å². The first-order valence-electron chi connectivity index (χ1n) is 8.24. The molecule has 5 nitrogen and oxygen atoms in total. The number of urea groups is 1. The van der Waals surface area contributed by atoms with E-state index in [9.17, 15) is 9.59 Å². The molecule has 1 aromatic rings. The molecule has 2 atom stereocenters. The summed E-state index contributed by atoms with van der Waals surface area (Å²) in [7, 11) is 0. The number of anilines is 1. The van der Waals surface area contributed by atoms with Crippen LogP contribution in [0.5, 0.6) is 0 Å². The van der Waals surface area contributed by atoms with Gasteiger partial charge in [0, 0.05) is 18.8 Å². The Bertz CT molecular complexity index is 576. The van der Waals surface area contributed by atoms with Crippen molar-refractivity contribution in [2.24, 2.45) is 11.8 Å². The minimum atomic E-state index is -0.476. The van der Waals surface area contributed by atoms with Gasteiger partial charge in [0.25, 0.3) is 0 Å². The summed E-state index contributed by atoms with van der Waals surface area (Å²) in [5, 5.41) is 5.12. The molecule has 2 N–H and O–H groups in total. The van der Waals surface area contributed by atoms with Crippen molar-refractivity contribution in [1.29, 1.82) is 0 Å². The van der Waals surface area contributed by atoms with Crippen LogP contribution in [0.1, 0.15) is 31.4 Å². The van der Waals surface area contributed by atoms with Crippen molar-refractivity contribution in [1.82, 2.24) is 10.2 Å². The molecule has 0 unspecified atom stereocenters. The lowest BCUT2D eigenvalue weighted by Gasteiger charge is -2.34. The normalized spacial score (nSPS) is 21.7. The van der Waals surface area contributed by atoms with Crippen LogP contribution in [0.4, 0.5) is 10.5 Å². The van der Waals surface area contributed by atoms with Crippen LogP contribution >= 0.6 is 0 Å². The summed E-state index contributed by atoms with van der Waals surface area (Å²) in [6.45, 7) is 10.5. The molecular formula is C18H27N3O2. The van der Waals surface area contributed by atoms with E-state index in [0.717, 1.165) is 18.7 Å². The van der Waals surface area contributed by atoms with E-state index in [-0.39, 0.29) is 12.5 Å². The predicted molar refractivity (Wildman–Crippen MR) is 92.5 cm³/mol. The van der Waals surface area contributed by atoms with E-state index in [1.54, 1.807) is 0 Å². The number of hydrogen-bond donors (Lipinski definition) is 2. The first kappa shape index (κ1) is 17.5. The molecule has 23 heavy (non-hydrogen) atoms. The standard InChI is InChI=1S/C18H27N3O2/c1-12-7-13(2)10-21(9-12)11-17(22)20-18(23)19-16-6-5-14(3)15(4)8-16/h5-6,8,12-13H,7,9-11H2,1-4H3,(H2,19,20,22,23)/t12-,13-/m0/s1. The fourth-order valence-corrected chi connectivity index (χ4v) is 3.27. The van der Waals surface area contributed by atoms with Gasteiger partial charge in [0.2, 0.25) is 5.91 Å². The Hall–Kier alpha value is -1.88. The molecule has 0 radical (unpaired) electrons. The summed E-state index contributed by atoms with van der Waals surface area (Å²) in [5.41, 5.74) is 2.96. The molecule has 5 heteroatoms. The summed E-state index contributed by atoms with van der Waals surface area (Å²) in [4.78, 5) is 26.1. The number of carbonyl (C=O) groups is 2. The van der Waals surface area contributed by atoms with Crippen LogP contribution in [0.25, 0.3) is 0 Å². The number of piperidine rings is 1. The van der Waals surface area contributed by atoms with Gasteiger partial charge in [-0.05, 0) is 55.4 Å². The van der Waals surface area contributed by atoms with Crippen molar-refractivity contribution in [2.45, 2.75) is 34.1 Å². The summed E-state index contributed by atoms with van der Waals surface area (Å²) in [6.07, 6.45) is 1.20. The van der Waals surface area contributed by atoms with Gasteiger partial charge in [-0.3, -0.25) is 15.0 Å². The van der Waals surface area contributed by atoms with Crippen molar-refractivity contribution in [2.75, 3.05) is 25.0 Å². The number of likely N-dealkylation sites (tertiary alicyclic amines) is 1. The minimum absolute atomic E-state index is 0.257. The molecule has 0 aromatic heterocycles. The quantitative estimate of drug-likeness (QED) is 0.901. The second kappa shape index (κ2) is 7.59. The van der Waals surface area contributed by atoms with Gasteiger partial charge in [-0.15, -0.1) is 0 Å². The molecular weight excluding hydrogens is 290 g/mol. The van der Waals surface area contributed by atoms with Crippen molar-refractivity contribution < 1.29 is 9.59 Å². The van der Waals surface area contributed by atoms with Crippen LogP contribution in [0, 0.1) is 25.7 Å². The van der Waals surface area contributed by atoms with Crippen molar-refractivity contribution in [3.8, 4) is 0 Å². The van der Waals surface area contributed by atoms with Gasteiger partial charge < -0.3 is 5.32 Å². The summed E-state index contributed by atoms with van der Waals surface area (Å²) in [5.74, 6) is 0.930. The van der Waals surface area contributed by atoms with E-state index in [1.165, 1.54) is 12.0 Å². The van der Waals surface area contributed by atoms with Gasteiger partial charge in [-0.25, -0.2) is 4.79 Å². The van der Waals surface area contributed by atoms with Gasteiger partial charge in [-0.2, -0.15) is 0 Å². The van der Waals surface area contributed by atoms with Gasteiger partial charge >= 0.3 is 6.03 Å². The number of imide groups is 1. The largest absolute Gasteiger partial charge is 0.325 e. The van der Waals surface area contributed by atoms with Crippen molar-refractivity contribution >= 4 is 17.6 Å². The number of benzene rings is 1. The van der Waals surface area contributed by atoms with Gasteiger partial charge in [0.1, 0.15) is 0 Å². The molecule has 126 valence electrons. The first-order valence-corrected chi connectivity index (χ1v) is 8.24. The number of nitrogens with zero attached hydrogens (tertiary/aromatic N) is 1. The minimum Gasteiger partial charge on any atom is -0.308 e. The molecule has 1 aliphatic heterocycles. The van der Waals surface area contributed by atoms with Crippen molar-refractivity contribution in [3.63, 3.8) is 0 Å². The monoisotopic (exact) mass is 317 g/mol. The van der Waals surface area contributed by atoms with Gasteiger partial charge in [-0.1, -0.05) is 19.9 Å². The molecule has 0 spiro atoms. The highest BCUT2D eigenvalue weighted by molar-refractivity contribution is 6.01. The number of carbonyl (C=O) groups excluding carboxylic acids is 2. The zero-order chi connectivity index (χ0) is 17.0. The lowest BCUT2D eigenvalue weighted by atomic mass is 9.92. The first-order chi connectivity index (χ1) is 10.8. The Morgan fingerprint density at radius 2 is 1.78 bits per heavy atom. The highest BCUT2D eigenvalue weighted by atomic mass is 16.2. The van der Waals surface area contributed by atoms with Crippen LogP contribution < -0.4 is 10.6 Å². The average molecular weight is 317 g/mol. The Morgan fingerprint density at radius 3 is 2.39 bits per heavy atom. The number of hydrogen-bond acceptors (Lipinski definition) is 3. The fourth-order valence-electron chi connectivity index (χ4n) is 3.27. The maximum Gasteiger partial charge on any atom is 0.325 e. The molecule has 0 saturated carbocycles. The third kappa shape index (κ3) is 5.36. The maximum atomic E-state index is 12.0. The zero-order valence-corrected chi connectivity index (χ0v) is 14.5. The smallest absolute Gasteiger partial charge is 0.308 e. The number of rotatable bonds is 3. The molecule has 3 amide bonds. The van der Waals surface area contributed by atoms with Crippen LogP contribution in [-0.2, 0) is 4.79 Å². The average Bonchev–Trinajstić information content (AvgIpc) is 2.41. The summed E-state index contributed by atoms with van der Waals surface area (Å²) >= 11 is 0. The lowest BCUT2D eigenvalue weighted by Crippen LogP contribution is -2.46. The molecule has 2 rings (SSSR count). The molecule has 0 aliphatic carbocycles. The van der Waals surface area contributed by atoms with Crippen LogP contribution in [0.15, 0.2) is 18.2 Å². The van der Waals surface area contributed by atoms with Crippen LogP contribution in [-0.4, -0.2) is 36.5 Å². The summed E-state index contributed by atoms with van der Waals surface area (Å²) in [6, 6.07) is 5.20. The van der Waals surface area contributed by atoms with Crippen LogP contribution in [0.3, 0.4) is 0 Å². The highest BCUT2D eigenvalue weighted by Crippen LogP contribution is 2.20. The SMILES string of the molecule is Cc1ccc(NC(=O)NC(=O)CN2C[C@@H](C)C[C@H](C)C2)cc1C. The molecule has 1 aliphatic rings. The molecule has 1 aromatic carbocycles. The number of amides is 3. The topological polar surface area (TPSA) is 61.4 Å². The Kier molecular flexibility index (Phi) is 5.77. The zero-order valence-electron chi connectivity index (χ0n) is 14.5. The van der Waals surface area contributed by atoms with Gasteiger partial charge in [0.05, 0.1) is 6.54 Å². The van der Waals surface area contributed by atoms with E-state index in [0.29, 0.717) is 17.5 Å². The molecule has 0 bridgehead atoms. The Labute approximate surface area is 138 Å². The van der Waals surface area contributed by atoms with E-state index in [2.05, 4.69) is 29.4 Å². The number of aryl methyl sites for hydroxylation is 2. The Balaban J connectivity index is 1.82. The second-order valence-electron chi connectivity index (χ2n) is 6.94. The third-order valence-corrected chi connectivity index (χ3v) is 4.33. The maximum absolute atomic E-state index is 12.0. The molecule has 1 saturated heterocycles. The highest BCUT2D eigenvalue weighted by Gasteiger charge is 2.23. The molecule has 1 fully saturated rings. The van der Waals surface area contributed by atoms with E-state index in [1.807, 2.05) is 32.0 Å². The van der Waals surface area contributed by atoms with Crippen molar-refractivity contribution in [3.05, 3.63) is 29.3 Å². The third-order valence-electron chi connectivity index (χ3n) is 4.33. The van der Waals surface area contributed by atoms with Crippen LogP contribution in [0.2, 0.25) is 0 Å². The second-order valence-corrected chi connectivity index (χ2v) is 6.94. The fraction of sp³-hybridized carbons (Fsp3) is 0.556. The van der Waals surface area contributed by atoms with E-state index < -0.39 is 6.03 Å². The van der Waals surface area contributed by atoms with E-state index in [4.69, 9.17) is 0 Å². The lowest BCUT2D eigenvalue weighted by molar-refractivity contribution is -0.121. The van der Waals surface area contributed by atoms with Gasteiger partial charge in [0.15, 0.2) is 0 Å².